The summed E-state index contributed by atoms with van der Waals surface area (Å²) in [5.74, 6) is -2.23. The molecule has 15 heavy (non-hydrogen) atoms. The topological polar surface area (TPSA) is 124 Å². The van der Waals surface area contributed by atoms with E-state index in [4.69, 9.17) is 15.9 Å². The Labute approximate surface area is 85.2 Å². The molecule has 0 saturated heterocycles. The van der Waals surface area contributed by atoms with Gasteiger partial charge in [0, 0.05) is 11.6 Å². The summed E-state index contributed by atoms with van der Waals surface area (Å²) in [5, 5.41) is 36.0. The van der Waals surface area contributed by atoms with Crippen LogP contribution in [0.25, 0.3) is 0 Å². The highest BCUT2D eigenvalue weighted by molar-refractivity contribution is 5.91. The maximum absolute atomic E-state index is 10.7. The molecule has 82 valence electrons. The van der Waals surface area contributed by atoms with E-state index in [-0.39, 0.29) is 16.9 Å². The average molecular weight is 213 g/mol. The van der Waals surface area contributed by atoms with Crippen LogP contribution in [0.3, 0.4) is 0 Å². The smallest absolute Gasteiger partial charge is 0.339 e. The normalized spacial score (nSPS) is 12.4. The number of hydrogen-bond donors (Lipinski definition) is 5. The number of phenolic OH excluding ortho intramolecular Hbond substituents is 1. The van der Waals surface area contributed by atoms with Crippen LogP contribution < -0.4 is 5.73 Å². The van der Waals surface area contributed by atoms with Gasteiger partial charge in [-0.15, -0.1) is 0 Å². The first-order chi connectivity index (χ1) is 6.97. The van der Waals surface area contributed by atoms with Crippen molar-refractivity contribution >= 4 is 5.97 Å². The Morgan fingerprint density at radius 1 is 1.33 bits per heavy atom. The van der Waals surface area contributed by atoms with Crippen molar-refractivity contribution in [1.29, 1.82) is 0 Å². The Morgan fingerprint density at radius 2 is 1.93 bits per heavy atom. The first-order valence-corrected chi connectivity index (χ1v) is 4.13. The molecule has 6 N–H and O–H groups in total. The highest BCUT2D eigenvalue weighted by Crippen LogP contribution is 2.30. The number of carboxylic acids is 1. The fourth-order valence-electron chi connectivity index (χ4n) is 1.16. The number of aliphatic hydroxyl groups excluding tert-OH is 1. The number of carboxylic acid groups (broad SMARTS) is 1. The van der Waals surface area contributed by atoms with Crippen LogP contribution in [0.4, 0.5) is 0 Å². The van der Waals surface area contributed by atoms with E-state index in [1.807, 2.05) is 0 Å². The molecule has 1 aromatic rings. The molecule has 1 unspecified atom stereocenters. The molecule has 0 heterocycles. The van der Waals surface area contributed by atoms with Crippen LogP contribution in [0.1, 0.15) is 22.0 Å². The van der Waals surface area contributed by atoms with E-state index in [0.29, 0.717) is 0 Å². The number of phenols is 2. The van der Waals surface area contributed by atoms with Crippen molar-refractivity contribution in [3.63, 3.8) is 0 Å². The molecule has 1 atom stereocenters. The van der Waals surface area contributed by atoms with Gasteiger partial charge in [-0.05, 0) is 6.07 Å². The van der Waals surface area contributed by atoms with Gasteiger partial charge in [0.15, 0.2) is 0 Å². The van der Waals surface area contributed by atoms with E-state index in [9.17, 15) is 15.0 Å². The van der Waals surface area contributed by atoms with Crippen LogP contribution in [0, 0.1) is 0 Å². The lowest BCUT2D eigenvalue weighted by Crippen LogP contribution is -2.15. The minimum absolute atomic E-state index is 0.0766. The third kappa shape index (κ3) is 2.17. The molecule has 1 rings (SSSR count). The van der Waals surface area contributed by atoms with E-state index < -0.39 is 24.4 Å². The number of aromatic hydroxyl groups is 2. The fourth-order valence-corrected chi connectivity index (χ4v) is 1.16. The number of aliphatic hydroxyl groups is 1. The van der Waals surface area contributed by atoms with Gasteiger partial charge in [0.2, 0.25) is 0 Å². The Bertz CT molecular complexity index is 390. The lowest BCUT2D eigenvalue weighted by Gasteiger charge is -2.12. The molecular formula is C9H11NO5. The van der Waals surface area contributed by atoms with Crippen molar-refractivity contribution in [2.24, 2.45) is 5.73 Å². The van der Waals surface area contributed by atoms with Crippen molar-refractivity contribution in [2.45, 2.75) is 6.04 Å². The van der Waals surface area contributed by atoms with Gasteiger partial charge >= 0.3 is 5.97 Å². The molecule has 0 aliphatic heterocycles. The minimum Gasteiger partial charge on any atom is -0.507 e. The number of aromatic carboxylic acids is 1. The molecule has 0 aliphatic rings. The van der Waals surface area contributed by atoms with Gasteiger partial charge in [-0.3, -0.25) is 0 Å². The predicted octanol–water partition coefficient (Wildman–Crippen LogP) is -0.212. The Morgan fingerprint density at radius 3 is 2.40 bits per heavy atom. The molecule has 0 amide bonds. The summed E-state index contributed by atoms with van der Waals surface area (Å²) < 4.78 is 0. The van der Waals surface area contributed by atoms with Crippen molar-refractivity contribution in [3.05, 3.63) is 23.3 Å². The molecule has 0 fully saturated rings. The van der Waals surface area contributed by atoms with E-state index in [1.54, 1.807) is 0 Å². The second-order valence-electron chi connectivity index (χ2n) is 3.02. The lowest BCUT2D eigenvalue weighted by molar-refractivity contribution is 0.0693. The fraction of sp³-hybridized carbons (Fsp3) is 0.222. The van der Waals surface area contributed by atoms with Crippen LogP contribution in [0.15, 0.2) is 12.1 Å². The molecule has 0 bridgehead atoms. The molecule has 0 spiro atoms. The quantitative estimate of drug-likeness (QED) is 0.473. The first kappa shape index (κ1) is 11.3. The SMILES string of the molecule is NC(CO)c1cc(C(=O)O)c(O)cc1O. The molecule has 6 nitrogen and oxygen atoms in total. The third-order valence-electron chi connectivity index (χ3n) is 1.97. The number of carbonyl (C=O) groups is 1. The van der Waals surface area contributed by atoms with E-state index in [2.05, 4.69) is 0 Å². The summed E-state index contributed by atoms with van der Waals surface area (Å²) in [5.41, 5.74) is 5.14. The number of rotatable bonds is 3. The van der Waals surface area contributed by atoms with Crippen molar-refractivity contribution in [3.8, 4) is 11.5 Å². The Hall–Kier alpha value is -1.79. The summed E-state index contributed by atoms with van der Waals surface area (Å²) in [4.78, 5) is 10.7. The van der Waals surface area contributed by atoms with E-state index in [0.717, 1.165) is 12.1 Å². The van der Waals surface area contributed by atoms with Crippen LogP contribution in [0.2, 0.25) is 0 Å². The van der Waals surface area contributed by atoms with E-state index >= 15 is 0 Å². The van der Waals surface area contributed by atoms with E-state index in [1.165, 1.54) is 0 Å². The minimum atomic E-state index is -1.33. The molecule has 0 aliphatic carbocycles. The molecule has 0 aromatic heterocycles. The van der Waals surface area contributed by atoms with Gasteiger partial charge in [0.1, 0.15) is 17.1 Å². The number of nitrogens with two attached hydrogens (primary N) is 1. The third-order valence-corrected chi connectivity index (χ3v) is 1.97. The second-order valence-corrected chi connectivity index (χ2v) is 3.02. The molecule has 0 saturated carbocycles. The Kier molecular flexibility index (Phi) is 3.13. The zero-order chi connectivity index (χ0) is 11.6. The molecule has 0 radical (unpaired) electrons. The maximum Gasteiger partial charge on any atom is 0.339 e. The Balaban J connectivity index is 3.29. The van der Waals surface area contributed by atoms with Crippen molar-refractivity contribution < 1.29 is 25.2 Å². The summed E-state index contributed by atoms with van der Waals surface area (Å²) >= 11 is 0. The van der Waals surface area contributed by atoms with Crippen LogP contribution >= 0.6 is 0 Å². The molecule has 1 aromatic carbocycles. The van der Waals surface area contributed by atoms with Crippen molar-refractivity contribution in [2.75, 3.05) is 6.61 Å². The molecule has 6 heteroatoms. The van der Waals surface area contributed by atoms with Crippen molar-refractivity contribution in [1.82, 2.24) is 0 Å². The average Bonchev–Trinajstić information content (AvgIpc) is 2.16. The second kappa shape index (κ2) is 4.16. The van der Waals surface area contributed by atoms with Gasteiger partial charge in [-0.2, -0.15) is 0 Å². The highest BCUT2D eigenvalue weighted by Gasteiger charge is 2.17. The van der Waals surface area contributed by atoms with Gasteiger partial charge in [0.05, 0.1) is 12.6 Å². The van der Waals surface area contributed by atoms with Gasteiger partial charge < -0.3 is 26.2 Å². The zero-order valence-corrected chi connectivity index (χ0v) is 7.71. The van der Waals surface area contributed by atoms with Crippen LogP contribution in [0.5, 0.6) is 11.5 Å². The standard InChI is InChI=1S/C9H11NO5/c10-6(3-11)4-1-5(9(14)15)8(13)2-7(4)12/h1-2,6,11-13H,3,10H2,(H,14,15). The van der Waals surface area contributed by atoms with Crippen LogP contribution in [-0.2, 0) is 0 Å². The highest BCUT2D eigenvalue weighted by atomic mass is 16.4. The monoisotopic (exact) mass is 213 g/mol. The summed E-state index contributed by atoms with van der Waals surface area (Å²) in [6.45, 7) is -0.433. The number of benzene rings is 1. The first-order valence-electron chi connectivity index (χ1n) is 4.13. The molecular weight excluding hydrogens is 202 g/mol. The zero-order valence-electron chi connectivity index (χ0n) is 7.71. The predicted molar refractivity (Wildman–Crippen MR) is 50.7 cm³/mol. The van der Waals surface area contributed by atoms with Gasteiger partial charge in [-0.25, -0.2) is 4.79 Å². The number of hydrogen-bond acceptors (Lipinski definition) is 5. The van der Waals surface area contributed by atoms with Gasteiger partial charge in [0.25, 0.3) is 0 Å². The van der Waals surface area contributed by atoms with Gasteiger partial charge in [-0.1, -0.05) is 0 Å². The maximum atomic E-state index is 10.7. The summed E-state index contributed by atoms with van der Waals surface area (Å²) in [7, 11) is 0. The summed E-state index contributed by atoms with van der Waals surface area (Å²) in [6.07, 6.45) is 0. The summed E-state index contributed by atoms with van der Waals surface area (Å²) in [6, 6.07) is 1.03. The largest absolute Gasteiger partial charge is 0.507 e. The lowest BCUT2D eigenvalue weighted by atomic mass is 10.0. The van der Waals surface area contributed by atoms with Crippen LogP contribution in [-0.4, -0.2) is 33.0 Å².